The predicted molar refractivity (Wildman–Crippen MR) is 82.5 cm³/mol. The van der Waals surface area contributed by atoms with E-state index in [9.17, 15) is 9.18 Å². The van der Waals surface area contributed by atoms with Crippen LogP contribution in [0.5, 0.6) is 5.75 Å². The van der Waals surface area contributed by atoms with Gasteiger partial charge in [0.2, 0.25) is 0 Å². The maximum Gasteiger partial charge on any atom is 0.258 e. The second-order valence-corrected chi connectivity index (χ2v) is 5.36. The number of carbonyl (C=O) groups is 1. The first kappa shape index (κ1) is 14.5. The lowest BCUT2D eigenvalue weighted by atomic mass is 10.1. The highest BCUT2D eigenvalue weighted by Crippen LogP contribution is 2.34. The zero-order valence-corrected chi connectivity index (χ0v) is 12.3. The molecular weight excluding hydrogens is 283 g/mol. The van der Waals surface area contributed by atoms with E-state index in [1.165, 1.54) is 12.1 Å². The standard InChI is InChI=1S/C17H17FN2O2/c1-11-10-20(15-7-6-14(18)8-16(15)22-11)17(21)13-4-2-12(9-19)3-5-13/h2-8,11H,9-10,19H2,1H3. The molecule has 2 aromatic rings. The van der Waals surface area contributed by atoms with Crippen molar-refractivity contribution < 1.29 is 13.9 Å². The molecule has 1 heterocycles. The second kappa shape index (κ2) is 5.77. The van der Waals surface area contributed by atoms with Crippen LogP contribution in [0.1, 0.15) is 22.8 Å². The number of benzene rings is 2. The zero-order chi connectivity index (χ0) is 15.7. The number of ether oxygens (including phenoxy) is 1. The van der Waals surface area contributed by atoms with Gasteiger partial charge in [0, 0.05) is 18.2 Å². The van der Waals surface area contributed by atoms with Crippen LogP contribution in [0.3, 0.4) is 0 Å². The minimum absolute atomic E-state index is 0.133. The van der Waals surface area contributed by atoms with E-state index >= 15 is 0 Å². The number of carbonyl (C=O) groups excluding carboxylic acids is 1. The van der Waals surface area contributed by atoms with Gasteiger partial charge < -0.3 is 15.4 Å². The third-order valence-electron chi connectivity index (χ3n) is 3.66. The second-order valence-electron chi connectivity index (χ2n) is 5.36. The topological polar surface area (TPSA) is 55.6 Å². The normalized spacial score (nSPS) is 16.9. The van der Waals surface area contributed by atoms with E-state index in [-0.39, 0.29) is 17.8 Å². The van der Waals surface area contributed by atoms with Gasteiger partial charge in [0.15, 0.2) is 0 Å². The number of hydrogen-bond acceptors (Lipinski definition) is 3. The fourth-order valence-electron chi connectivity index (χ4n) is 2.55. The summed E-state index contributed by atoms with van der Waals surface area (Å²) in [5.74, 6) is -0.121. The summed E-state index contributed by atoms with van der Waals surface area (Å²) in [5.41, 5.74) is 7.70. The van der Waals surface area contributed by atoms with Crippen LogP contribution in [-0.2, 0) is 6.54 Å². The molecule has 1 aliphatic rings. The quantitative estimate of drug-likeness (QED) is 0.928. The van der Waals surface area contributed by atoms with Gasteiger partial charge in [-0.05, 0) is 36.8 Å². The Labute approximate surface area is 128 Å². The molecule has 0 aliphatic carbocycles. The molecule has 114 valence electrons. The van der Waals surface area contributed by atoms with Crippen LogP contribution in [0, 0.1) is 5.82 Å². The Morgan fingerprint density at radius 2 is 2.05 bits per heavy atom. The average molecular weight is 300 g/mol. The van der Waals surface area contributed by atoms with Crippen LogP contribution in [0.25, 0.3) is 0 Å². The highest BCUT2D eigenvalue weighted by atomic mass is 19.1. The van der Waals surface area contributed by atoms with Gasteiger partial charge >= 0.3 is 0 Å². The summed E-state index contributed by atoms with van der Waals surface area (Å²) in [5, 5.41) is 0. The lowest BCUT2D eigenvalue weighted by Crippen LogP contribution is -2.42. The van der Waals surface area contributed by atoms with Crippen LogP contribution in [0.15, 0.2) is 42.5 Å². The summed E-state index contributed by atoms with van der Waals surface area (Å²) < 4.78 is 19.0. The van der Waals surface area contributed by atoms with Gasteiger partial charge in [-0.2, -0.15) is 0 Å². The van der Waals surface area contributed by atoms with Crippen molar-refractivity contribution in [2.75, 3.05) is 11.4 Å². The molecule has 4 nitrogen and oxygen atoms in total. The minimum Gasteiger partial charge on any atom is -0.487 e. The number of halogens is 1. The first-order valence-electron chi connectivity index (χ1n) is 7.15. The Morgan fingerprint density at radius 3 is 2.73 bits per heavy atom. The number of hydrogen-bond donors (Lipinski definition) is 1. The Kier molecular flexibility index (Phi) is 3.81. The largest absolute Gasteiger partial charge is 0.487 e. The van der Waals surface area contributed by atoms with Crippen molar-refractivity contribution >= 4 is 11.6 Å². The molecule has 0 spiro atoms. The van der Waals surface area contributed by atoms with Crippen molar-refractivity contribution in [2.24, 2.45) is 5.73 Å². The number of fused-ring (bicyclic) bond motifs is 1. The summed E-state index contributed by atoms with van der Waals surface area (Å²) in [6.07, 6.45) is -0.193. The zero-order valence-electron chi connectivity index (χ0n) is 12.3. The molecule has 0 bridgehead atoms. The molecule has 0 saturated heterocycles. The predicted octanol–water partition coefficient (Wildman–Crippen LogP) is 2.71. The number of anilines is 1. The van der Waals surface area contributed by atoms with Crippen LogP contribution < -0.4 is 15.4 Å². The molecule has 5 heteroatoms. The molecule has 1 amide bonds. The number of rotatable bonds is 2. The van der Waals surface area contributed by atoms with Gasteiger partial charge in [0.25, 0.3) is 5.91 Å². The van der Waals surface area contributed by atoms with Crippen molar-refractivity contribution in [3.8, 4) is 5.75 Å². The summed E-state index contributed by atoms with van der Waals surface area (Å²) in [4.78, 5) is 14.4. The minimum atomic E-state index is -0.382. The van der Waals surface area contributed by atoms with Gasteiger partial charge in [-0.3, -0.25) is 4.79 Å². The summed E-state index contributed by atoms with van der Waals surface area (Å²) >= 11 is 0. The molecule has 3 rings (SSSR count). The van der Waals surface area contributed by atoms with Crippen molar-refractivity contribution in [3.63, 3.8) is 0 Å². The van der Waals surface area contributed by atoms with Gasteiger partial charge in [0.1, 0.15) is 17.7 Å². The fourth-order valence-corrected chi connectivity index (χ4v) is 2.55. The lowest BCUT2D eigenvalue weighted by Gasteiger charge is -2.33. The molecule has 1 aliphatic heterocycles. The molecule has 1 unspecified atom stereocenters. The smallest absolute Gasteiger partial charge is 0.258 e. The maximum atomic E-state index is 13.4. The van der Waals surface area contributed by atoms with E-state index in [1.54, 1.807) is 23.1 Å². The summed E-state index contributed by atoms with van der Waals surface area (Å²) in [6, 6.07) is 11.4. The van der Waals surface area contributed by atoms with E-state index in [4.69, 9.17) is 10.5 Å². The molecule has 22 heavy (non-hydrogen) atoms. The molecule has 2 N–H and O–H groups in total. The van der Waals surface area contributed by atoms with Gasteiger partial charge in [-0.15, -0.1) is 0 Å². The van der Waals surface area contributed by atoms with E-state index in [0.717, 1.165) is 5.56 Å². The van der Waals surface area contributed by atoms with E-state index < -0.39 is 0 Å². The lowest BCUT2D eigenvalue weighted by molar-refractivity contribution is 0.0961. The molecule has 1 atom stereocenters. The van der Waals surface area contributed by atoms with Crippen molar-refractivity contribution in [1.82, 2.24) is 0 Å². The van der Waals surface area contributed by atoms with Crippen LogP contribution in [0.2, 0.25) is 0 Å². The van der Waals surface area contributed by atoms with E-state index in [1.807, 2.05) is 19.1 Å². The van der Waals surface area contributed by atoms with Crippen LogP contribution in [-0.4, -0.2) is 18.6 Å². The number of nitrogens with two attached hydrogens (primary N) is 1. The third-order valence-corrected chi connectivity index (χ3v) is 3.66. The highest BCUT2D eigenvalue weighted by Gasteiger charge is 2.28. The number of amides is 1. The molecule has 2 aromatic carbocycles. The molecule has 0 fully saturated rings. The SMILES string of the molecule is CC1CN(C(=O)c2ccc(CN)cc2)c2ccc(F)cc2O1. The monoisotopic (exact) mass is 300 g/mol. The van der Waals surface area contributed by atoms with Gasteiger partial charge in [-0.25, -0.2) is 4.39 Å². The first-order chi connectivity index (χ1) is 10.6. The molecule has 0 saturated carbocycles. The highest BCUT2D eigenvalue weighted by molar-refractivity contribution is 6.07. The van der Waals surface area contributed by atoms with Crippen molar-refractivity contribution in [3.05, 3.63) is 59.4 Å². The Balaban J connectivity index is 1.95. The van der Waals surface area contributed by atoms with Gasteiger partial charge in [0.05, 0.1) is 12.2 Å². The molecule has 0 radical (unpaired) electrons. The number of nitrogens with zero attached hydrogens (tertiary/aromatic N) is 1. The Morgan fingerprint density at radius 1 is 1.32 bits per heavy atom. The van der Waals surface area contributed by atoms with Crippen LogP contribution in [0.4, 0.5) is 10.1 Å². The Bertz CT molecular complexity index is 700. The first-order valence-corrected chi connectivity index (χ1v) is 7.15. The third kappa shape index (κ3) is 2.67. The summed E-state index contributed by atoms with van der Waals surface area (Å²) in [7, 11) is 0. The van der Waals surface area contributed by atoms with Crippen LogP contribution >= 0.6 is 0 Å². The van der Waals surface area contributed by atoms with E-state index in [0.29, 0.717) is 30.1 Å². The Hall–Kier alpha value is -2.40. The van der Waals surface area contributed by atoms with Crippen molar-refractivity contribution in [2.45, 2.75) is 19.6 Å². The summed E-state index contributed by atoms with van der Waals surface area (Å²) in [6.45, 7) is 2.72. The van der Waals surface area contributed by atoms with Gasteiger partial charge in [-0.1, -0.05) is 12.1 Å². The van der Waals surface area contributed by atoms with E-state index in [2.05, 4.69) is 0 Å². The maximum absolute atomic E-state index is 13.4. The molecule has 0 aromatic heterocycles. The molecular formula is C17H17FN2O2. The average Bonchev–Trinajstić information content (AvgIpc) is 2.53. The van der Waals surface area contributed by atoms with Crippen molar-refractivity contribution in [1.29, 1.82) is 0 Å². The fraction of sp³-hybridized carbons (Fsp3) is 0.235.